The molecule has 0 bridgehead atoms. The second-order valence-electron chi connectivity index (χ2n) is 3.69. The highest BCUT2D eigenvalue weighted by molar-refractivity contribution is 7.84. The smallest absolute Gasteiger partial charge is 0.165 e. The van der Waals surface area contributed by atoms with Crippen LogP contribution < -0.4 is 9.47 Å². The summed E-state index contributed by atoms with van der Waals surface area (Å²) in [4.78, 5) is 0. The van der Waals surface area contributed by atoms with E-state index in [0.717, 1.165) is 11.3 Å². The van der Waals surface area contributed by atoms with Crippen molar-refractivity contribution in [1.29, 1.82) is 0 Å². The molecule has 0 saturated heterocycles. The Morgan fingerprint density at radius 1 is 1.41 bits per heavy atom. The van der Waals surface area contributed by atoms with E-state index in [1.165, 1.54) is 0 Å². The van der Waals surface area contributed by atoms with Gasteiger partial charge < -0.3 is 9.47 Å². The molecule has 1 aliphatic heterocycles. The van der Waals surface area contributed by atoms with Gasteiger partial charge >= 0.3 is 0 Å². The second-order valence-corrected chi connectivity index (χ2v) is 5.68. The zero-order valence-corrected chi connectivity index (χ0v) is 10.9. The van der Waals surface area contributed by atoms with E-state index < -0.39 is 10.8 Å². The molecule has 1 aliphatic rings. The van der Waals surface area contributed by atoms with Gasteiger partial charge in [-0.15, -0.1) is 0 Å². The van der Waals surface area contributed by atoms with Crippen molar-refractivity contribution in [3.63, 3.8) is 0 Å². The van der Waals surface area contributed by atoms with Gasteiger partial charge in [0.15, 0.2) is 11.5 Å². The Balaban J connectivity index is 2.16. The molecule has 0 aliphatic carbocycles. The number of halogens is 1. The standard InChI is InChI=1S/C12H13ClO3S/c1-9(13)7-17(14)8-10-3-2-4-11-12(10)16-6-5-15-11/h2-4H,1,5-8H2. The van der Waals surface area contributed by atoms with Crippen LogP contribution in [-0.4, -0.2) is 23.2 Å². The summed E-state index contributed by atoms with van der Waals surface area (Å²) in [5.41, 5.74) is 0.887. The van der Waals surface area contributed by atoms with Crippen LogP contribution in [0.3, 0.4) is 0 Å². The Morgan fingerprint density at radius 3 is 2.94 bits per heavy atom. The van der Waals surface area contributed by atoms with E-state index in [1.807, 2.05) is 18.2 Å². The number of rotatable bonds is 4. The van der Waals surface area contributed by atoms with Crippen LogP contribution in [0.2, 0.25) is 0 Å². The van der Waals surface area contributed by atoms with Gasteiger partial charge in [0, 0.05) is 21.4 Å². The predicted octanol–water partition coefficient (Wildman–Crippen LogP) is 2.46. The summed E-state index contributed by atoms with van der Waals surface area (Å²) < 4.78 is 22.8. The SMILES string of the molecule is C=C(Cl)CS(=O)Cc1cccc2c1OCCO2. The highest BCUT2D eigenvalue weighted by atomic mass is 35.5. The maximum absolute atomic E-state index is 11.8. The van der Waals surface area contributed by atoms with Gasteiger partial charge in [-0.1, -0.05) is 30.3 Å². The highest BCUT2D eigenvalue weighted by Crippen LogP contribution is 2.34. The molecule has 1 aromatic rings. The Kier molecular flexibility index (Phi) is 4.07. The van der Waals surface area contributed by atoms with Gasteiger partial charge in [-0.3, -0.25) is 4.21 Å². The van der Waals surface area contributed by atoms with E-state index in [-0.39, 0.29) is 0 Å². The molecule has 17 heavy (non-hydrogen) atoms. The monoisotopic (exact) mass is 272 g/mol. The second kappa shape index (κ2) is 5.56. The topological polar surface area (TPSA) is 35.5 Å². The lowest BCUT2D eigenvalue weighted by atomic mass is 10.2. The third-order valence-electron chi connectivity index (χ3n) is 2.28. The number of hydrogen-bond acceptors (Lipinski definition) is 3. The predicted molar refractivity (Wildman–Crippen MR) is 69.1 cm³/mol. The lowest BCUT2D eigenvalue weighted by molar-refractivity contribution is 0.170. The van der Waals surface area contributed by atoms with Crippen LogP contribution in [0.25, 0.3) is 0 Å². The Hall–Kier alpha value is -1.00. The zero-order chi connectivity index (χ0) is 12.3. The minimum atomic E-state index is -1.07. The van der Waals surface area contributed by atoms with Gasteiger partial charge in [0.25, 0.3) is 0 Å². The van der Waals surface area contributed by atoms with E-state index >= 15 is 0 Å². The zero-order valence-electron chi connectivity index (χ0n) is 9.28. The van der Waals surface area contributed by atoms with E-state index in [2.05, 4.69) is 6.58 Å². The molecule has 0 fully saturated rings. The fraction of sp³-hybridized carbons (Fsp3) is 0.333. The van der Waals surface area contributed by atoms with Crippen molar-refractivity contribution in [1.82, 2.24) is 0 Å². The number of fused-ring (bicyclic) bond motifs is 1. The average molecular weight is 273 g/mol. The van der Waals surface area contributed by atoms with Crippen molar-refractivity contribution in [2.45, 2.75) is 5.75 Å². The van der Waals surface area contributed by atoms with Crippen molar-refractivity contribution >= 4 is 22.4 Å². The molecular formula is C12H13ClO3S. The van der Waals surface area contributed by atoms with Gasteiger partial charge in [-0.25, -0.2) is 0 Å². The molecule has 1 atom stereocenters. The average Bonchev–Trinajstić information content (AvgIpc) is 2.28. The molecule has 2 rings (SSSR count). The first-order valence-electron chi connectivity index (χ1n) is 5.22. The maximum atomic E-state index is 11.8. The molecule has 5 heteroatoms. The first-order chi connectivity index (χ1) is 8.16. The van der Waals surface area contributed by atoms with Crippen LogP contribution in [0.1, 0.15) is 5.56 Å². The molecule has 0 N–H and O–H groups in total. The van der Waals surface area contributed by atoms with Crippen LogP contribution in [0.4, 0.5) is 0 Å². The summed E-state index contributed by atoms with van der Waals surface area (Å²) in [6.45, 7) is 4.62. The minimum Gasteiger partial charge on any atom is -0.486 e. The van der Waals surface area contributed by atoms with E-state index in [0.29, 0.717) is 35.5 Å². The molecular weight excluding hydrogens is 260 g/mol. The first-order valence-corrected chi connectivity index (χ1v) is 7.09. The minimum absolute atomic E-state index is 0.298. The quantitative estimate of drug-likeness (QED) is 0.845. The molecule has 92 valence electrons. The number of hydrogen-bond donors (Lipinski definition) is 0. The van der Waals surface area contributed by atoms with Gasteiger partial charge in [0.05, 0.1) is 11.5 Å². The maximum Gasteiger partial charge on any atom is 0.165 e. The summed E-state index contributed by atoms with van der Waals surface area (Å²) in [6.07, 6.45) is 0. The van der Waals surface area contributed by atoms with Crippen molar-refractivity contribution in [2.24, 2.45) is 0 Å². The molecule has 1 aromatic carbocycles. The summed E-state index contributed by atoms with van der Waals surface area (Å²) >= 11 is 5.64. The Bertz CT molecular complexity index is 459. The Morgan fingerprint density at radius 2 is 2.18 bits per heavy atom. The third kappa shape index (κ3) is 3.23. The van der Waals surface area contributed by atoms with Crippen LogP contribution in [-0.2, 0) is 16.6 Å². The third-order valence-corrected chi connectivity index (χ3v) is 3.88. The van der Waals surface area contributed by atoms with Gasteiger partial charge in [0.2, 0.25) is 0 Å². The summed E-state index contributed by atoms with van der Waals surface area (Å²) in [7, 11) is -1.07. The molecule has 0 amide bonds. The van der Waals surface area contributed by atoms with Crippen molar-refractivity contribution in [2.75, 3.05) is 19.0 Å². The highest BCUT2D eigenvalue weighted by Gasteiger charge is 2.16. The van der Waals surface area contributed by atoms with E-state index in [1.54, 1.807) is 0 Å². The van der Waals surface area contributed by atoms with Crippen molar-refractivity contribution in [3.8, 4) is 11.5 Å². The van der Waals surface area contributed by atoms with E-state index in [9.17, 15) is 4.21 Å². The first kappa shape index (κ1) is 12.5. The number of para-hydroxylation sites is 1. The summed E-state index contributed by atoms with van der Waals surface area (Å²) in [6, 6.07) is 5.61. The summed E-state index contributed by atoms with van der Waals surface area (Å²) in [5, 5.41) is 0.408. The molecule has 0 aromatic heterocycles. The summed E-state index contributed by atoms with van der Waals surface area (Å²) in [5.74, 6) is 2.12. The molecule has 1 unspecified atom stereocenters. The lowest BCUT2D eigenvalue weighted by Crippen LogP contribution is -2.17. The van der Waals surface area contributed by atoms with Crippen molar-refractivity contribution < 1.29 is 13.7 Å². The van der Waals surface area contributed by atoms with Gasteiger partial charge in [-0.05, 0) is 6.07 Å². The molecule has 0 saturated carbocycles. The normalized spacial score (nSPS) is 15.4. The van der Waals surface area contributed by atoms with Crippen LogP contribution in [0, 0.1) is 0 Å². The van der Waals surface area contributed by atoms with Crippen molar-refractivity contribution in [3.05, 3.63) is 35.4 Å². The number of ether oxygens (including phenoxy) is 2. The van der Waals surface area contributed by atoms with E-state index in [4.69, 9.17) is 21.1 Å². The molecule has 0 radical (unpaired) electrons. The van der Waals surface area contributed by atoms with Gasteiger partial charge in [-0.2, -0.15) is 0 Å². The lowest BCUT2D eigenvalue weighted by Gasteiger charge is -2.20. The molecule has 1 heterocycles. The molecule has 3 nitrogen and oxygen atoms in total. The van der Waals surface area contributed by atoms with Crippen LogP contribution >= 0.6 is 11.6 Å². The van der Waals surface area contributed by atoms with Crippen LogP contribution in [0.15, 0.2) is 29.8 Å². The largest absolute Gasteiger partial charge is 0.486 e. The fourth-order valence-corrected chi connectivity index (χ4v) is 3.04. The Labute approximate surface area is 108 Å². The van der Waals surface area contributed by atoms with Gasteiger partial charge in [0.1, 0.15) is 13.2 Å². The fourth-order valence-electron chi connectivity index (χ4n) is 1.65. The van der Waals surface area contributed by atoms with Crippen LogP contribution in [0.5, 0.6) is 11.5 Å². The number of benzene rings is 1. The molecule has 0 spiro atoms.